The molecule has 0 fully saturated rings. The molecule has 11 heteroatoms. The average molecular weight is 620 g/mol. The van der Waals surface area contributed by atoms with Gasteiger partial charge in [0, 0.05) is 31.5 Å². The second-order valence-corrected chi connectivity index (χ2v) is 11.8. The highest BCUT2D eigenvalue weighted by atomic mass is 16.5. The lowest BCUT2D eigenvalue weighted by Gasteiger charge is -2.29. The molecule has 0 saturated heterocycles. The molecule has 1 aromatic carbocycles. The molecule has 248 valence electrons. The van der Waals surface area contributed by atoms with E-state index in [1.807, 2.05) is 19.1 Å². The predicted octanol–water partition coefficient (Wildman–Crippen LogP) is 3.29. The maximum Gasteiger partial charge on any atom is 0.296 e. The summed E-state index contributed by atoms with van der Waals surface area (Å²) in [6.07, 6.45) is 2.10. The van der Waals surface area contributed by atoms with Crippen molar-refractivity contribution in [2.24, 2.45) is 17.3 Å². The summed E-state index contributed by atoms with van der Waals surface area (Å²) in [6.45, 7) is 16.6. The van der Waals surface area contributed by atoms with Crippen molar-refractivity contribution in [3.05, 3.63) is 23.8 Å². The topological polar surface area (TPSA) is 144 Å². The van der Waals surface area contributed by atoms with E-state index >= 15 is 0 Å². The van der Waals surface area contributed by atoms with Crippen molar-refractivity contribution in [3.8, 4) is 17.6 Å². The van der Waals surface area contributed by atoms with Gasteiger partial charge in [0.05, 0.1) is 58.4 Å². The largest absolute Gasteiger partial charge is 0.506 e. The molecule has 4 N–H and O–H groups in total. The van der Waals surface area contributed by atoms with E-state index in [0.29, 0.717) is 44.0 Å². The van der Waals surface area contributed by atoms with E-state index < -0.39 is 11.8 Å². The number of benzene rings is 1. The molecule has 0 aromatic heterocycles. The quantitative estimate of drug-likeness (QED) is 0.0933. The molecule has 1 unspecified atom stereocenters. The highest BCUT2D eigenvalue weighted by Crippen LogP contribution is 2.32. The molecular formula is C33H53N3O8. The first-order chi connectivity index (χ1) is 20.9. The molecule has 0 bridgehead atoms. The van der Waals surface area contributed by atoms with Crippen LogP contribution in [-0.2, 0) is 39.8 Å². The first-order valence-electron chi connectivity index (χ1n) is 15.4. The lowest BCUT2D eigenvalue weighted by molar-refractivity contribution is -0.117. The van der Waals surface area contributed by atoms with E-state index in [1.54, 1.807) is 6.07 Å². The van der Waals surface area contributed by atoms with Gasteiger partial charge in [-0.15, -0.1) is 0 Å². The van der Waals surface area contributed by atoms with Gasteiger partial charge in [-0.25, -0.2) is 0 Å². The van der Waals surface area contributed by atoms with Crippen LogP contribution in [0.1, 0.15) is 59.9 Å². The summed E-state index contributed by atoms with van der Waals surface area (Å²) >= 11 is 0. The number of carbonyl (C=O) groups is 3. The second-order valence-electron chi connectivity index (χ2n) is 11.8. The van der Waals surface area contributed by atoms with Crippen LogP contribution < -0.4 is 16.0 Å². The molecule has 0 aliphatic heterocycles. The molecule has 0 heterocycles. The monoisotopic (exact) mass is 619 g/mol. The zero-order valence-corrected chi connectivity index (χ0v) is 27.4. The van der Waals surface area contributed by atoms with Crippen molar-refractivity contribution in [3.63, 3.8) is 0 Å². The van der Waals surface area contributed by atoms with Crippen molar-refractivity contribution >= 4 is 23.4 Å². The zero-order chi connectivity index (χ0) is 32.8. The molecule has 0 spiro atoms. The van der Waals surface area contributed by atoms with Crippen LogP contribution in [0.25, 0.3) is 0 Å². The van der Waals surface area contributed by atoms with Crippen LogP contribution in [0.5, 0.6) is 5.75 Å². The number of amides is 3. The number of carbonyl (C=O) groups excluding carboxylic acids is 3. The fourth-order valence-electron chi connectivity index (χ4n) is 3.99. The molecule has 1 aromatic rings. The Morgan fingerprint density at radius 1 is 0.841 bits per heavy atom. The third kappa shape index (κ3) is 19.2. The van der Waals surface area contributed by atoms with Gasteiger partial charge in [-0.2, -0.15) is 0 Å². The van der Waals surface area contributed by atoms with Gasteiger partial charge < -0.3 is 40.0 Å². The van der Waals surface area contributed by atoms with E-state index in [9.17, 15) is 19.5 Å². The number of aromatic hydroxyl groups is 1. The summed E-state index contributed by atoms with van der Waals surface area (Å²) in [5.41, 5.74) is 1.73. The van der Waals surface area contributed by atoms with E-state index in [0.717, 1.165) is 18.4 Å². The first-order valence-corrected chi connectivity index (χ1v) is 15.4. The number of rotatable bonds is 21. The van der Waals surface area contributed by atoms with Crippen molar-refractivity contribution in [2.45, 2.75) is 60.8 Å². The Morgan fingerprint density at radius 2 is 1.39 bits per heavy atom. The van der Waals surface area contributed by atoms with Crippen LogP contribution in [0.4, 0.5) is 5.69 Å². The first kappa shape index (κ1) is 38.9. The molecule has 44 heavy (non-hydrogen) atoms. The van der Waals surface area contributed by atoms with Crippen LogP contribution in [0.2, 0.25) is 0 Å². The van der Waals surface area contributed by atoms with Gasteiger partial charge in [0.25, 0.3) is 11.8 Å². The molecule has 0 radical (unpaired) electrons. The number of hydrogen-bond donors (Lipinski definition) is 4. The highest BCUT2D eigenvalue weighted by molar-refractivity contribution is 6.02. The predicted molar refractivity (Wildman–Crippen MR) is 170 cm³/mol. The minimum absolute atomic E-state index is 0.0309. The van der Waals surface area contributed by atoms with E-state index in [4.69, 9.17) is 18.9 Å². The third-order valence-electron chi connectivity index (χ3n) is 6.93. The molecule has 2 atom stereocenters. The van der Waals surface area contributed by atoms with Crippen LogP contribution in [0.15, 0.2) is 18.2 Å². The fourth-order valence-corrected chi connectivity index (χ4v) is 3.99. The molecular weight excluding hydrogens is 566 g/mol. The van der Waals surface area contributed by atoms with Crippen molar-refractivity contribution in [2.75, 3.05) is 71.3 Å². The number of phenols is 1. The van der Waals surface area contributed by atoms with Crippen LogP contribution in [0.3, 0.4) is 0 Å². The lowest BCUT2D eigenvalue weighted by Crippen LogP contribution is -2.28. The minimum Gasteiger partial charge on any atom is -0.506 e. The average Bonchev–Trinajstić information content (AvgIpc) is 2.95. The highest BCUT2D eigenvalue weighted by Gasteiger charge is 2.22. The smallest absolute Gasteiger partial charge is 0.296 e. The van der Waals surface area contributed by atoms with Gasteiger partial charge in [0.1, 0.15) is 5.75 Å². The zero-order valence-electron chi connectivity index (χ0n) is 27.4. The van der Waals surface area contributed by atoms with Crippen molar-refractivity contribution in [1.82, 2.24) is 10.6 Å². The number of ether oxygens (including phenoxy) is 4. The van der Waals surface area contributed by atoms with E-state index in [-0.39, 0.29) is 63.0 Å². The van der Waals surface area contributed by atoms with Gasteiger partial charge in [0.2, 0.25) is 5.91 Å². The Balaban J connectivity index is 2.16. The van der Waals surface area contributed by atoms with Gasteiger partial charge in [0.15, 0.2) is 0 Å². The van der Waals surface area contributed by atoms with Crippen LogP contribution in [-0.4, -0.2) is 88.8 Å². The summed E-state index contributed by atoms with van der Waals surface area (Å²) in [6, 6.07) is 5.35. The second kappa shape index (κ2) is 22.4. The molecule has 11 nitrogen and oxygen atoms in total. The Hall–Kier alpha value is -3.17. The maximum atomic E-state index is 12.4. The molecule has 0 aliphatic rings. The molecule has 1 rings (SSSR count). The summed E-state index contributed by atoms with van der Waals surface area (Å²) < 4.78 is 21.2. The summed E-state index contributed by atoms with van der Waals surface area (Å²) in [5.74, 6) is 4.12. The summed E-state index contributed by atoms with van der Waals surface area (Å²) in [5, 5.41) is 18.1. The van der Waals surface area contributed by atoms with E-state index in [2.05, 4.69) is 62.4 Å². The normalized spacial score (nSPS) is 12.5. The Morgan fingerprint density at radius 3 is 1.93 bits per heavy atom. The van der Waals surface area contributed by atoms with Crippen LogP contribution >= 0.6 is 0 Å². The Bertz CT molecular complexity index is 1060. The van der Waals surface area contributed by atoms with Gasteiger partial charge in [-0.05, 0) is 54.7 Å². The number of phenolic OH excluding ortho intramolecular Hbond substituents is 1. The third-order valence-corrected chi connectivity index (χ3v) is 6.93. The van der Waals surface area contributed by atoms with Crippen molar-refractivity contribution < 1.29 is 38.4 Å². The SMILES string of the molecule is CCOCCOCCNC(=O)C#CC(=O)NCCOCCOCCC(=O)Nc1cc(C[C@H](C)CC(C)C(C)(C)C)ccc1O. The van der Waals surface area contributed by atoms with Crippen LogP contribution in [0, 0.1) is 29.1 Å². The number of anilines is 1. The molecule has 0 saturated carbocycles. The van der Waals surface area contributed by atoms with E-state index in [1.165, 1.54) is 0 Å². The standard InChI is InChI=1S/C33H53N3O8/c1-7-41-18-19-43-16-13-34-30(38)10-11-31(39)35-14-17-44-21-20-42-15-12-32(40)36-28-24-27(8-9-29(28)37)23-25(2)22-26(3)33(4,5)6/h8-9,24-26,37H,7,12-23H2,1-6H3,(H,34,38)(H,35,39)(H,36,40)/t25-,26?/m1/s1. The molecule has 3 amide bonds. The molecule has 0 aliphatic carbocycles. The van der Waals surface area contributed by atoms with Gasteiger partial charge in [-0.1, -0.05) is 40.7 Å². The van der Waals surface area contributed by atoms with Gasteiger partial charge in [-0.3, -0.25) is 14.4 Å². The fraction of sp³-hybridized carbons (Fsp3) is 0.667. The van der Waals surface area contributed by atoms with Gasteiger partial charge >= 0.3 is 0 Å². The summed E-state index contributed by atoms with van der Waals surface area (Å²) in [7, 11) is 0. The Kier molecular flexibility index (Phi) is 19.7. The number of hydrogen-bond acceptors (Lipinski definition) is 8. The summed E-state index contributed by atoms with van der Waals surface area (Å²) in [4.78, 5) is 35.7. The minimum atomic E-state index is -0.583. The number of nitrogens with one attached hydrogen (secondary N) is 3. The maximum absolute atomic E-state index is 12.4. The lowest BCUT2D eigenvalue weighted by atomic mass is 9.76. The Labute approximate surface area is 263 Å². The van der Waals surface area contributed by atoms with Crippen molar-refractivity contribution in [1.29, 1.82) is 0 Å².